The van der Waals surface area contributed by atoms with Gasteiger partial charge in [-0.1, -0.05) is 10.8 Å². The minimum absolute atomic E-state index is 0.357. The van der Waals surface area contributed by atoms with Gasteiger partial charge in [-0.2, -0.15) is 0 Å². The summed E-state index contributed by atoms with van der Waals surface area (Å²) in [5, 5.41) is 11.8. The molecule has 0 radical (unpaired) electrons. The normalized spacial score (nSPS) is 14.2. The fourth-order valence-electron chi connectivity index (χ4n) is 0.972. The largest absolute Gasteiger partial charge is 0.480 e. The first-order valence-corrected chi connectivity index (χ1v) is 6.93. The van der Waals surface area contributed by atoms with Crippen molar-refractivity contribution in [3.8, 4) is 0 Å². The van der Waals surface area contributed by atoms with Gasteiger partial charge in [-0.3, -0.25) is 9.79 Å². The number of nitrogens with two attached hydrogens (primary N) is 1. The molecule has 4 N–H and O–H groups in total. The Kier molecular flexibility index (Phi) is 6.40. The number of carboxylic acid groups (broad SMARTS) is 1. The van der Waals surface area contributed by atoms with E-state index in [0.29, 0.717) is 5.17 Å². The van der Waals surface area contributed by atoms with Crippen molar-refractivity contribution in [1.82, 2.24) is 5.32 Å². The van der Waals surface area contributed by atoms with Crippen molar-refractivity contribution < 1.29 is 14.7 Å². The fraction of sp³-hybridized carbons (Fsp3) is 0.667. The predicted molar refractivity (Wildman–Crippen MR) is 72.0 cm³/mol. The molecule has 0 bridgehead atoms. The number of carboxylic acids is 1. The Hall–Kier alpha value is -0.890. The first-order chi connectivity index (χ1) is 7.70. The smallest absolute Gasteiger partial charge is 0.327 e. The van der Waals surface area contributed by atoms with Crippen LogP contribution in [0.4, 0.5) is 0 Å². The molecule has 17 heavy (non-hydrogen) atoms. The van der Waals surface area contributed by atoms with Crippen LogP contribution in [0, 0.1) is 0 Å². The van der Waals surface area contributed by atoms with Crippen LogP contribution in [0.2, 0.25) is 0 Å². The van der Waals surface area contributed by atoms with Gasteiger partial charge in [-0.05, 0) is 24.6 Å². The third kappa shape index (κ3) is 5.83. The Morgan fingerprint density at radius 1 is 1.47 bits per heavy atom. The molecule has 0 saturated heterocycles. The maximum atomic E-state index is 11.1. The SMILES string of the molecule is CN=C(N)SSC(C)(C)C(NC(C)=O)C(=O)O. The molecule has 0 aliphatic heterocycles. The third-order valence-electron chi connectivity index (χ3n) is 1.85. The van der Waals surface area contributed by atoms with Crippen LogP contribution < -0.4 is 11.1 Å². The highest BCUT2D eigenvalue weighted by Gasteiger charge is 2.37. The molecule has 0 saturated carbocycles. The van der Waals surface area contributed by atoms with Crippen molar-refractivity contribution >= 4 is 38.6 Å². The number of carbonyl (C=O) groups excluding carboxylic acids is 1. The summed E-state index contributed by atoms with van der Waals surface area (Å²) in [7, 11) is 4.00. The van der Waals surface area contributed by atoms with Gasteiger partial charge >= 0.3 is 5.97 Å². The van der Waals surface area contributed by atoms with Gasteiger partial charge in [-0.15, -0.1) is 0 Å². The Labute approximate surface area is 108 Å². The van der Waals surface area contributed by atoms with E-state index in [9.17, 15) is 9.59 Å². The van der Waals surface area contributed by atoms with Crippen molar-refractivity contribution in [3.63, 3.8) is 0 Å². The number of rotatable bonds is 5. The van der Waals surface area contributed by atoms with Crippen molar-refractivity contribution in [2.75, 3.05) is 7.05 Å². The highest BCUT2D eigenvalue weighted by Crippen LogP contribution is 2.38. The van der Waals surface area contributed by atoms with E-state index in [1.165, 1.54) is 28.5 Å². The molecule has 0 aromatic carbocycles. The van der Waals surface area contributed by atoms with E-state index in [1.807, 2.05) is 0 Å². The molecular weight excluding hydrogens is 262 g/mol. The van der Waals surface area contributed by atoms with E-state index in [4.69, 9.17) is 10.8 Å². The van der Waals surface area contributed by atoms with Gasteiger partial charge in [0, 0.05) is 14.0 Å². The van der Waals surface area contributed by atoms with Crippen molar-refractivity contribution in [2.45, 2.75) is 31.6 Å². The van der Waals surface area contributed by atoms with Crippen molar-refractivity contribution in [2.24, 2.45) is 10.7 Å². The van der Waals surface area contributed by atoms with E-state index >= 15 is 0 Å². The van der Waals surface area contributed by atoms with Gasteiger partial charge in [0.05, 0.1) is 4.75 Å². The quantitative estimate of drug-likeness (QED) is 0.388. The second-order valence-electron chi connectivity index (χ2n) is 3.80. The summed E-state index contributed by atoms with van der Waals surface area (Å²) in [4.78, 5) is 25.8. The van der Waals surface area contributed by atoms with Crippen LogP contribution in [0.15, 0.2) is 4.99 Å². The molecule has 1 amide bonds. The number of nitrogens with one attached hydrogen (secondary N) is 1. The van der Waals surface area contributed by atoms with E-state index in [1.54, 1.807) is 20.9 Å². The van der Waals surface area contributed by atoms with Crippen LogP contribution in [-0.2, 0) is 9.59 Å². The molecular formula is C9H17N3O3S2. The lowest BCUT2D eigenvalue weighted by Gasteiger charge is -2.30. The molecule has 1 unspecified atom stereocenters. The lowest BCUT2D eigenvalue weighted by molar-refractivity contribution is -0.142. The van der Waals surface area contributed by atoms with E-state index < -0.39 is 16.8 Å². The van der Waals surface area contributed by atoms with Crippen LogP contribution >= 0.6 is 21.6 Å². The van der Waals surface area contributed by atoms with E-state index in [-0.39, 0.29) is 5.91 Å². The minimum atomic E-state index is -1.08. The summed E-state index contributed by atoms with van der Waals surface area (Å²) < 4.78 is -0.711. The van der Waals surface area contributed by atoms with E-state index in [2.05, 4.69) is 10.3 Å². The van der Waals surface area contributed by atoms with Crippen LogP contribution in [0.5, 0.6) is 0 Å². The van der Waals surface area contributed by atoms with Crippen molar-refractivity contribution in [3.05, 3.63) is 0 Å². The fourth-order valence-corrected chi connectivity index (χ4v) is 3.02. The molecule has 0 aliphatic rings. The third-order valence-corrected chi connectivity index (χ3v) is 5.00. The molecule has 0 spiro atoms. The molecule has 0 heterocycles. The number of hydrogen-bond acceptors (Lipinski definition) is 5. The van der Waals surface area contributed by atoms with Crippen LogP contribution in [-0.4, -0.2) is 40.0 Å². The molecule has 0 aromatic rings. The second-order valence-corrected chi connectivity index (χ2v) is 6.61. The Bertz CT molecular complexity index is 331. The zero-order valence-corrected chi connectivity index (χ0v) is 11.8. The summed E-state index contributed by atoms with van der Waals surface area (Å²) in [6, 6.07) is -0.984. The predicted octanol–water partition coefficient (Wildman–Crippen LogP) is 0.680. The molecule has 8 heteroatoms. The minimum Gasteiger partial charge on any atom is -0.480 e. The number of amides is 1. The highest BCUT2D eigenvalue weighted by atomic mass is 33.1. The van der Waals surface area contributed by atoms with Crippen molar-refractivity contribution in [1.29, 1.82) is 0 Å². The average molecular weight is 279 g/mol. The molecule has 98 valence electrons. The first-order valence-electron chi connectivity index (χ1n) is 4.78. The van der Waals surface area contributed by atoms with Gasteiger partial charge < -0.3 is 16.2 Å². The van der Waals surface area contributed by atoms with E-state index in [0.717, 1.165) is 0 Å². The number of nitrogens with zero attached hydrogens (tertiary/aromatic N) is 1. The average Bonchev–Trinajstić information content (AvgIpc) is 2.21. The lowest BCUT2D eigenvalue weighted by atomic mass is 10.0. The zero-order chi connectivity index (χ0) is 13.6. The van der Waals surface area contributed by atoms with Gasteiger partial charge in [0.2, 0.25) is 5.91 Å². The first kappa shape index (κ1) is 16.1. The van der Waals surface area contributed by atoms with Gasteiger partial charge in [0.1, 0.15) is 6.04 Å². The van der Waals surface area contributed by atoms with Crippen LogP contribution in [0.1, 0.15) is 20.8 Å². The number of amidine groups is 1. The maximum Gasteiger partial charge on any atom is 0.327 e. The maximum absolute atomic E-state index is 11.1. The van der Waals surface area contributed by atoms with Gasteiger partial charge in [0.25, 0.3) is 0 Å². The Morgan fingerprint density at radius 2 is 2.00 bits per heavy atom. The van der Waals surface area contributed by atoms with Gasteiger partial charge in [0.15, 0.2) is 5.17 Å². The van der Waals surface area contributed by atoms with Crippen LogP contribution in [0.3, 0.4) is 0 Å². The molecule has 0 aliphatic carbocycles. The van der Waals surface area contributed by atoms with Crippen LogP contribution in [0.25, 0.3) is 0 Å². The number of aliphatic carboxylic acids is 1. The molecule has 6 nitrogen and oxygen atoms in total. The summed E-state index contributed by atoms with van der Waals surface area (Å²) in [6.07, 6.45) is 0. The highest BCUT2D eigenvalue weighted by molar-refractivity contribution is 8.82. The summed E-state index contributed by atoms with van der Waals surface area (Å²) in [5.74, 6) is -1.46. The second kappa shape index (κ2) is 6.75. The molecule has 0 aromatic heterocycles. The Morgan fingerprint density at radius 3 is 2.35 bits per heavy atom. The van der Waals surface area contributed by atoms with Gasteiger partial charge in [-0.25, -0.2) is 4.79 Å². The molecule has 0 fully saturated rings. The Balaban J connectivity index is 4.71. The topological polar surface area (TPSA) is 105 Å². The number of carbonyl (C=O) groups is 2. The standard InChI is InChI=1S/C9H17N3O3S2/c1-5(13)12-6(7(14)15)9(2,3)17-16-8(10)11-4/h6H,1-4H3,(H2,10,11)(H,12,13)(H,14,15). The number of hydrogen-bond donors (Lipinski definition) is 3. The summed E-state index contributed by atoms with van der Waals surface area (Å²) in [5.41, 5.74) is 5.52. The molecule has 0 rings (SSSR count). The number of aliphatic imine (C=N–C) groups is 1. The lowest BCUT2D eigenvalue weighted by Crippen LogP contribution is -2.51. The molecule has 1 atom stereocenters. The monoisotopic (exact) mass is 279 g/mol. The summed E-state index contributed by atoms with van der Waals surface area (Å²) in [6.45, 7) is 4.73. The summed E-state index contributed by atoms with van der Waals surface area (Å²) >= 11 is 0. The zero-order valence-electron chi connectivity index (χ0n) is 10.2.